The molecule has 0 saturated carbocycles. The number of nitrogens with one attached hydrogen (secondary N) is 2. The molecule has 0 aliphatic carbocycles. The molecule has 2 N–H and O–H groups in total. The molecule has 0 saturated heterocycles. The quantitative estimate of drug-likeness (QED) is 0.878. The Kier molecular flexibility index (Phi) is 4.86. The van der Waals surface area contributed by atoms with Gasteiger partial charge in [-0.15, -0.1) is 0 Å². The minimum absolute atomic E-state index is 0.00540. The standard InChI is InChI=1S/C19H24N2O/c1-14-7-5-6-8-15(14)13-18(22)20-16-9-11-17(12-10-16)21-19(2,3)4/h5-12,21H,13H2,1-4H3,(H,20,22). The van der Waals surface area contributed by atoms with Crippen molar-refractivity contribution in [1.82, 2.24) is 0 Å². The summed E-state index contributed by atoms with van der Waals surface area (Å²) in [6.45, 7) is 8.37. The van der Waals surface area contributed by atoms with Crippen molar-refractivity contribution < 1.29 is 4.79 Å². The molecule has 0 fully saturated rings. The van der Waals surface area contributed by atoms with E-state index in [1.807, 2.05) is 55.5 Å². The summed E-state index contributed by atoms with van der Waals surface area (Å²) < 4.78 is 0. The Morgan fingerprint density at radius 2 is 1.55 bits per heavy atom. The number of amides is 1. The molecule has 2 rings (SSSR count). The predicted octanol–water partition coefficient (Wildman–Crippen LogP) is 4.39. The van der Waals surface area contributed by atoms with Gasteiger partial charge in [-0.25, -0.2) is 0 Å². The Balaban J connectivity index is 1.96. The molecule has 0 aliphatic heterocycles. The maximum Gasteiger partial charge on any atom is 0.228 e. The minimum Gasteiger partial charge on any atom is -0.380 e. The number of rotatable bonds is 4. The smallest absolute Gasteiger partial charge is 0.228 e. The van der Waals surface area contributed by atoms with Gasteiger partial charge in [-0.2, -0.15) is 0 Å². The Morgan fingerprint density at radius 3 is 2.14 bits per heavy atom. The zero-order chi connectivity index (χ0) is 16.2. The first-order valence-electron chi connectivity index (χ1n) is 7.56. The Bertz CT molecular complexity index is 639. The van der Waals surface area contributed by atoms with E-state index in [2.05, 4.69) is 31.4 Å². The highest BCUT2D eigenvalue weighted by atomic mass is 16.1. The number of carbonyl (C=O) groups is 1. The number of benzene rings is 2. The van der Waals surface area contributed by atoms with E-state index in [4.69, 9.17) is 0 Å². The molecule has 0 aliphatic rings. The maximum atomic E-state index is 12.1. The van der Waals surface area contributed by atoms with E-state index in [0.717, 1.165) is 22.5 Å². The lowest BCUT2D eigenvalue weighted by atomic mass is 10.1. The zero-order valence-corrected chi connectivity index (χ0v) is 13.7. The zero-order valence-electron chi connectivity index (χ0n) is 13.7. The second-order valence-electron chi connectivity index (χ2n) is 6.60. The van der Waals surface area contributed by atoms with Gasteiger partial charge in [0, 0.05) is 16.9 Å². The SMILES string of the molecule is Cc1ccccc1CC(=O)Nc1ccc(NC(C)(C)C)cc1. The van der Waals surface area contributed by atoms with E-state index in [0.29, 0.717) is 6.42 Å². The molecule has 3 nitrogen and oxygen atoms in total. The van der Waals surface area contributed by atoms with Crippen molar-refractivity contribution in [3.05, 3.63) is 59.7 Å². The molecule has 0 aromatic heterocycles. The molecule has 116 valence electrons. The number of anilines is 2. The fourth-order valence-electron chi connectivity index (χ4n) is 2.26. The summed E-state index contributed by atoms with van der Waals surface area (Å²) in [5.74, 6) is 0.00540. The van der Waals surface area contributed by atoms with Crippen LogP contribution in [0.4, 0.5) is 11.4 Å². The van der Waals surface area contributed by atoms with Crippen molar-refractivity contribution in [2.45, 2.75) is 39.7 Å². The van der Waals surface area contributed by atoms with E-state index in [1.165, 1.54) is 0 Å². The van der Waals surface area contributed by atoms with Crippen LogP contribution in [-0.2, 0) is 11.2 Å². The van der Waals surface area contributed by atoms with E-state index in [9.17, 15) is 4.79 Å². The molecule has 0 unspecified atom stereocenters. The molecule has 0 atom stereocenters. The average molecular weight is 296 g/mol. The molecule has 1 amide bonds. The summed E-state index contributed by atoms with van der Waals surface area (Å²) in [6.07, 6.45) is 0.397. The topological polar surface area (TPSA) is 41.1 Å². The first-order chi connectivity index (χ1) is 10.3. The van der Waals surface area contributed by atoms with E-state index < -0.39 is 0 Å². The van der Waals surface area contributed by atoms with Crippen molar-refractivity contribution in [3.8, 4) is 0 Å². The van der Waals surface area contributed by atoms with Crippen molar-refractivity contribution >= 4 is 17.3 Å². The lowest BCUT2D eigenvalue weighted by molar-refractivity contribution is -0.115. The van der Waals surface area contributed by atoms with Gasteiger partial charge in [-0.1, -0.05) is 24.3 Å². The molecule has 2 aromatic carbocycles. The summed E-state index contributed by atoms with van der Waals surface area (Å²) in [4.78, 5) is 12.1. The number of hydrogen-bond acceptors (Lipinski definition) is 2. The lowest BCUT2D eigenvalue weighted by Gasteiger charge is -2.22. The summed E-state index contributed by atoms with van der Waals surface area (Å²) in [7, 11) is 0. The molecule has 0 bridgehead atoms. The Hall–Kier alpha value is -2.29. The van der Waals surface area contributed by atoms with Crippen molar-refractivity contribution in [3.63, 3.8) is 0 Å². The highest BCUT2D eigenvalue weighted by molar-refractivity contribution is 5.92. The van der Waals surface area contributed by atoms with Gasteiger partial charge in [0.2, 0.25) is 5.91 Å². The number of aryl methyl sites for hydroxylation is 1. The van der Waals surface area contributed by atoms with Gasteiger partial charge in [0.1, 0.15) is 0 Å². The largest absolute Gasteiger partial charge is 0.380 e. The normalized spacial score (nSPS) is 11.1. The van der Waals surface area contributed by atoms with Crippen LogP contribution in [0.5, 0.6) is 0 Å². The molecular formula is C19H24N2O. The average Bonchev–Trinajstić information content (AvgIpc) is 2.42. The van der Waals surface area contributed by atoms with Crippen LogP contribution in [-0.4, -0.2) is 11.4 Å². The van der Waals surface area contributed by atoms with Crippen LogP contribution in [0.25, 0.3) is 0 Å². The molecule has 2 aromatic rings. The Labute approximate surface area is 132 Å². The van der Waals surface area contributed by atoms with Gasteiger partial charge in [0.25, 0.3) is 0 Å². The monoisotopic (exact) mass is 296 g/mol. The van der Waals surface area contributed by atoms with Gasteiger partial charge < -0.3 is 10.6 Å². The van der Waals surface area contributed by atoms with E-state index >= 15 is 0 Å². The van der Waals surface area contributed by atoms with Crippen LogP contribution in [0, 0.1) is 6.92 Å². The summed E-state index contributed by atoms with van der Waals surface area (Å²) in [5.41, 5.74) is 4.09. The van der Waals surface area contributed by atoms with E-state index in [1.54, 1.807) is 0 Å². The third-order valence-corrected chi connectivity index (χ3v) is 3.30. The first kappa shape index (κ1) is 16.1. The molecule has 0 radical (unpaired) electrons. The molecule has 0 spiro atoms. The van der Waals surface area contributed by atoms with Gasteiger partial charge in [-0.3, -0.25) is 4.79 Å². The minimum atomic E-state index is 0.00540. The van der Waals surface area contributed by atoms with Crippen molar-refractivity contribution in [1.29, 1.82) is 0 Å². The van der Waals surface area contributed by atoms with Crippen LogP contribution in [0.1, 0.15) is 31.9 Å². The van der Waals surface area contributed by atoms with Crippen LogP contribution in [0.15, 0.2) is 48.5 Å². The third-order valence-electron chi connectivity index (χ3n) is 3.30. The highest BCUT2D eigenvalue weighted by Gasteiger charge is 2.09. The van der Waals surface area contributed by atoms with Gasteiger partial charge in [-0.05, 0) is 63.1 Å². The molecule has 0 heterocycles. The number of hydrogen-bond donors (Lipinski definition) is 2. The summed E-state index contributed by atoms with van der Waals surface area (Å²) in [5, 5.41) is 6.34. The highest BCUT2D eigenvalue weighted by Crippen LogP contribution is 2.18. The van der Waals surface area contributed by atoms with E-state index in [-0.39, 0.29) is 11.4 Å². The number of carbonyl (C=O) groups excluding carboxylic acids is 1. The molecular weight excluding hydrogens is 272 g/mol. The van der Waals surface area contributed by atoms with Crippen LogP contribution in [0.2, 0.25) is 0 Å². The van der Waals surface area contributed by atoms with Gasteiger partial charge >= 0.3 is 0 Å². The van der Waals surface area contributed by atoms with Gasteiger partial charge in [0.05, 0.1) is 6.42 Å². The van der Waals surface area contributed by atoms with Crippen molar-refractivity contribution in [2.75, 3.05) is 10.6 Å². The van der Waals surface area contributed by atoms with Crippen LogP contribution >= 0.6 is 0 Å². The second kappa shape index (κ2) is 6.65. The van der Waals surface area contributed by atoms with Gasteiger partial charge in [0.15, 0.2) is 0 Å². The Morgan fingerprint density at radius 1 is 0.955 bits per heavy atom. The second-order valence-corrected chi connectivity index (χ2v) is 6.60. The van der Waals surface area contributed by atoms with Crippen LogP contribution in [0.3, 0.4) is 0 Å². The predicted molar refractivity (Wildman–Crippen MR) is 93.3 cm³/mol. The third kappa shape index (κ3) is 4.92. The lowest BCUT2D eigenvalue weighted by Crippen LogP contribution is -2.25. The summed E-state index contributed by atoms with van der Waals surface area (Å²) >= 11 is 0. The first-order valence-corrected chi connectivity index (χ1v) is 7.56. The van der Waals surface area contributed by atoms with Crippen molar-refractivity contribution in [2.24, 2.45) is 0 Å². The fourth-order valence-corrected chi connectivity index (χ4v) is 2.26. The molecule has 22 heavy (non-hydrogen) atoms. The summed E-state index contributed by atoms with van der Waals surface area (Å²) in [6, 6.07) is 15.8. The van der Waals surface area contributed by atoms with Crippen LogP contribution < -0.4 is 10.6 Å². The maximum absolute atomic E-state index is 12.1. The molecule has 3 heteroatoms. The fraction of sp³-hybridized carbons (Fsp3) is 0.316.